The maximum Gasteiger partial charge on any atom is 0.189 e. The van der Waals surface area contributed by atoms with Crippen molar-refractivity contribution in [3.05, 3.63) is 29.3 Å². The smallest absolute Gasteiger partial charge is 0.189 e. The average molecular weight is 279 g/mol. The van der Waals surface area contributed by atoms with Crippen molar-refractivity contribution in [3.63, 3.8) is 0 Å². The molecule has 0 saturated heterocycles. The van der Waals surface area contributed by atoms with Gasteiger partial charge in [-0.2, -0.15) is 5.26 Å². The number of hydrogen-bond donors (Lipinski definition) is 1. The van der Waals surface area contributed by atoms with Gasteiger partial charge in [-0.25, -0.2) is 0 Å². The molecule has 104 valence electrons. The first-order chi connectivity index (χ1) is 8.96. The third kappa shape index (κ3) is 5.88. The van der Waals surface area contributed by atoms with E-state index in [4.69, 9.17) is 14.7 Å². The van der Waals surface area contributed by atoms with E-state index in [0.717, 1.165) is 6.04 Å². The number of aliphatic hydroxyl groups is 1. The Hall–Kier alpha value is -1.35. The molecule has 1 aromatic rings. The summed E-state index contributed by atoms with van der Waals surface area (Å²) in [7, 11) is -1.08. The van der Waals surface area contributed by atoms with Crippen molar-refractivity contribution in [3.8, 4) is 11.8 Å². The van der Waals surface area contributed by atoms with Crippen LogP contribution < -0.4 is 4.74 Å². The average Bonchev–Trinajstić information content (AvgIpc) is 2.36. The summed E-state index contributed by atoms with van der Waals surface area (Å²) in [4.78, 5) is 0. The molecule has 0 aromatic heterocycles. The van der Waals surface area contributed by atoms with E-state index in [1.807, 2.05) is 6.07 Å². The topological polar surface area (TPSA) is 62.5 Å². The van der Waals surface area contributed by atoms with E-state index in [2.05, 4.69) is 19.6 Å². The lowest BCUT2D eigenvalue weighted by atomic mass is 10.1. The Morgan fingerprint density at radius 2 is 2.05 bits per heavy atom. The highest BCUT2D eigenvalue weighted by Crippen LogP contribution is 2.20. The van der Waals surface area contributed by atoms with E-state index in [0.29, 0.717) is 23.5 Å². The Bertz CT molecular complexity index is 449. The van der Waals surface area contributed by atoms with Crippen molar-refractivity contribution < 1.29 is 14.6 Å². The Morgan fingerprint density at radius 1 is 1.32 bits per heavy atom. The van der Waals surface area contributed by atoms with Gasteiger partial charge in [0.05, 0.1) is 18.2 Å². The van der Waals surface area contributed by atoms with Crippen LogP contribution in [-0.4, -0.2) is 26.6 Å². The third-order valence-corrected chi connectivity index (χ3v) is 4.36. The quantitative estimate of drug-likeness (QED) is 0.473. The Morgan fingerprint density at radius 3 is 2.63 bits per heavy atom. The molecular weight excluding hydrogens is 258 g/mol. The Balaban J connectivity index is 2.46. The van der Waals surface area contributed by atoms with Crippen LogP contribution in [0.1, 0.15) is 11.1 Å². The van der Waals surface area contributed by atoms with Crippen molar-refractivity contribution in [2.24, 2.45) is 0 Å². The van der Waals surface area contributed by atoms with Crippen molar-refractivity contribution in [1.82, 2.24) is 0 Å². The number of rotatable bonds is 7. The molecule has 0 heterocycles. The van der Waals surface area contributed by atoms with Crippen molar-refractivity contribution in [2.75, 3.05) is 13.4 Å². The van der Waals surface area contributed by atoms with Gasteiger partial charge in [-0.15, -0.1) is 0 Å². The minimum absolute atomic E-state index is 0.115. The molecule has 0 spiro atoms. The molecule has 0 aliphatic carbocycles. The lowest BCUT2D eigenvalue weighted by Gasteiger charge is -2.16. The number of ether oxygens (including phenoxy) is 2. The number of hydrogen-bond acceptors (Lipinski definition) is 4. The highest BCUT2D eigenvalue weighted by Gasteiger charge is 2.12. The van der Waals surface area contributed by atoms with Crippen LogP contribution >= 0.6 is 0 Å². The molecule has 0 aliphatic heterocycles. The SMILES string of the molecule is C[Si](C)(C)CCOCOc1cc(C#N)ccc1CO. The second kappa shape index (κ2) is 7.29. The highest BCUT2D eigenvalue weighted by molar-refractivity contribution is 6.76. The Kier molecular flexibility index (Phi) is 6.02. The normalized spacial score (nSPS) is 11.1. The largest absolute Gasteiger partial charge is 0.467 e. The van der Waals surface area contributed by atoms with Crippen LogP contribution in [0.5, 0.6) is 5.75 Å². The van der Waals surface area contributed by atoms with Crippen LogP contribution in [0.15, 0.2) is 18.2 Å². The highest BCUT2D eigenvalue weighted by atomic mass is 28.3. The summed E-state index contributed by atoms with van der Waals surface area (Å²) in [6.07, 6.45) is 0. The van der Waals surface area contributed by atoms with E-state index < -0.39 is 8.07 Å². The molecule has 0 unspecified atom stereocenters. The van der Waals surface area contributed by atoms with Crippen LogP contribution in [0.4, 0.5) is 0 Å². The first kappa shape index (κ1) is 15.7. The summed E-state index contributed by atoms with van der Waals surface area (Å²) in [5, 5.41) is 18.0. The lowest BCUT2D eigenvalue weighted by molar-refractivity contribution is 0.0208. The van der Waals surface area contributed by atoms with Gasteiger partial charge >= 0.3 is 0 Å². The number of benzene rings is 1. The molecule has 0 aliphatic rings. The van der Waals surface area contributed by atoms with Crippen LogP contribution in [0.25, 0.3) is 0 Å². The second-order valence-electron chi connectivity index (χ2n) is 5.57. The van der Waals surface area contributed by atoms with Crippen LogP contribution in [0, 0.1) is 11.3 Å². The predicted molar refractivity (Wildman–Crippen MR) is 76.7 cm³/mol. The molecule has 1 aromatic carbocycles. The van der Waals surface area contributed by atoms with Gasteiger partial charge in [-0.3, -0.25) is 0 Å². The van der Waals surface area contributed by atoms with Crippen LogP contribution in [0.2, 0.25) is 25.7 Å². The monoisotopic (exact) mass is 279 g/mol. The minimum Gasteiger partial charge on any atom is -0.467 e. The molecule has 0 saturated carbocycles. The molecular formula is C14H21NO3Si. The lowest BCUT2D eigenvalue weighted by Crippen LogP contribution is -2.22. The Labute approximate surface area is 115 Å². The number of nitriles is 1. The molecule has 0 radical (unpaired) electrons. The summed E-state index contributed by atoms with van der Waals surface area (Å²) in [6.45, 7) is 7.58. The molecule has 4 nitrogen and oxygen atoms in total. The molecule has 0 fully saturated rings. The second-order valence-corrected chi connectivity index (χ2v) is 11.2. The molecule has 19 heavy (non-hydrogen) atoms. The van der Waals surface area contributed by atoms with Gasteiger partial charge < -0.3 is 14.6 Å². The zero-order chi connectivity index (χ0) is 14.3. The molecule has 1 N–H and O–H groups in total. The fourth-order valence-electron chi connectivity index (χ4n) is 1.43. The van der Waals surface area contributed by atoms with Gasteiger partial charge in [0.1, 0.15) is 5.75 Å². The zero-order valence-electron chi connectivity index (χ0n) is 11.8. The van der Waals surface area contributed by atoms with Gasteiger partial charge in [0.2, 0.25) is 0 Å². The van der Waals surface area contributed by atoms with Crippen molar-refractivity contribution >= 4 is 8.07 Å². The van der Waals surface area contributed by atoms with E-state index >= 15 is 0 Å². The number of nitrogens with zero attached hydrogens (tertiary/aromatic N) is 1. The van der Waals surface area contributed by atoms with Crippen LogP contribution in [-0.2, 0) is 11.3 Å². The zero-order valence-corrected chi connectivity index (χ0v) is 12.8. The van der Waals surface area contributed by atoms with E-state index in [1.165, 1.54) is 0 Å². The first-order valence-electron chi connectivity index (χ1n) is 6.31. The van der Waals surface area contributed by atoms with E-state index in [9.17, 15) is 5.11 Å². The third-order valence-electron chi connectivity index (χ3n) is 2.66. The van der Waals surface area contributed by atoms with Crippen LogP contribution in [0.3, 0.4) is 0 Å². The van der Waals surface area contributed by atoms with E-state index in [-0.39, 0.29) is 13.4 Å². The predicted octanol–water partition coefficient (Wildman–Crippen LogP) is 2.74. The van der Waals surface area contributed by atoms with Crippen molar-refractivity contribution in [1.29, 1.82) is 5.26 Å². The van der Waals surface area contributed by atoms with Gasteiger partial charge in [0.15, 0.2) is 6.79 Å². The van der Waals surface area contributed by atoms with Crippen molar-refractivity contribution in [2.45, 2.75) is 32.3 Å². The summed E-state index contributed by atoms with van der Waals surface area (Å²) in [5.41, 5.74) is 1.17. The van der Waals surface area contributed by atoms with Gasteiger partial charge in [0, 0.05) is 20.2 Å². The number of aliphatic hydroxyl groups excluding tert-OH is 1. The van der Waals surface area contributed by atoms with Gasteiger partial charge in [-0.1, -0.05) is 25.7 Å². The summed E-state index contributed by atoms with van der Waals surface area (Å²) in [6, 6.07) is 8.09. The maximum absolute atomic E-state index is 9.19. The summed E-state index contributed by atoms with van der Waals surface area (Å²) >= 11 is 0. The molecule has 1 rings (SSSR count). The maximum atomic E-state index is 9.19. The fraction of sp³-hybridized carbons (Fsp3) is 0.500. The fourth-order valence-corrected chi connectivity index (χ4v) is 2.19. The molecule has 0 bridgehead atoms. The molecule has 5 heteroatoms. The van der Waals surface area contributed by atoms with Gasteiger partial charge in [0.25, 0.3) is 0 Å². The van der Waals surface area contributed by atoms with Gasteiger partial charge in [-0.05, 0) is 18.2 Å². The minimum atomic E-state index is -1.08. The first-order valence-corrected chi connectivity index (χ1v) is 10.0. The van der Waals surface area contributed by atoms with E-state index in [1.54, 1.807) is 18.2 Å². The summed E-state index contributed by atoms with van der Waals surface area (Å²) in [5.74, 6) is 0.509. The summed E-state index contributed by atoms with van der Waals surface area (Å²) < 4.78 is 10.9. The molecule has 0 atom stereocenters. The molecule has 0 amide bonds. The standard InChI is InChI=1S/C14H21NO3Si/c1-19(2,3)7-6-17-11-18-14-8-12(9-15)4-5-13(14)10-16/h4-5,8,16H,6-7,10-11H2,1-3H3.